The summed E-state index contributed by atoms with van der Waals surface area (Å²) in [5, 5.41) is 3.13. The smallest absolute Gasteiger partial charge is 0.261 e. The second-order valence-corrected chi connectivity index (χ2v) is 3.89. The number of hydrogen-bond donors (Lipinski definition) is 1. The molecule has 1 atom stereocenters. The van der Waals surface area contributed by atoms with Gasteiger partial charge in [-0.1, -0.05) is 6.07 Å². The molecule has 96 valence electrons. The maximum absolute atomic E-state index is 11.9. The van der Waals surface area contributed by atoms with E-state index in [1.165, 1.54) is 0 Å². The highest BCUT2D eigenvalue weighted by Crippen LogP contribution is 2.16. The molecule has 0 aliphatic heterocycles. The van der Waals surface area contributed by atoms with Gasteiger partial charge in [0.25, 0.3) is 6.43 Å². The van der Waals surface area contributed by atoms with Gasteiger partial charge in [0.05, 0.1) is 0 Å². The lowest BCUT2D eigenvalue weighted by Crippen LogP contribution is -2.19. The number of halogens is 2. The van der Waals surface area contributed by atoms with E-state index in [1.54, 1.807) is 12.4 Å². The van der Waals surface area contributed by atoms with E-state index >= 15 is 0 Å². The van der Waals surface area contributed by atoms with Crippen LogP contribution in [0.1, 0.15) is 23.6 Å². The van der Waals surface area contributed by atoms with Crippen LogP contribution in [0.3, 0.4) is 0 Å². The quantitative estimate of drug-likeness (QED) is 0.747. The summed E-state index contributed by atoms with van der Waals surface area (Å²) in [6.45, 7) is 1.78. The van der Waals surface area contributed by atoms with Crippen LogP contribution in [0.5, 0.6) is 0 Å². The highest BCUT2D eigenvalue weighted by atomic mass is 19.3. The number of pyridine rings is 1. The molecular weight excluding hydrogens is 226 g/mol. The Morgan fingerprint density at radius 1 is 1.41 bits per heavy atom. The Labute approximate surface area is 100 Å². The van der Waals surface area contributed by atoms with Crippen LogP contribution in [0.25, 0.3) is 0 Å². The molecule has 0 bridgehead atoms. The third-order valence-corrected chi connectivity index (χ3v) is 2.44. The van der Waals surface area contributed by atoms with Gasteiger partial charge in [-0.3, -0.25) is 4.98 Å². The Morgan fingerprint density at radius 3 is 2.76 bits per heavy atom. The monoisotopic (exact) mass is 244 g/mol. The van der Waals surface area contributed by atoms with Gasteiger partial charge in [0, 0.05) is 25.0 Å². The number of nitrogens with one attached hydrogen (secondary N) is 1. The molecule has 0 saturated carbocycles. The number of aromatic nitrogens is 1. The Bertz CT molecular complexity index is 334. The van der Waals surface area contributed by atoms with Gasteiger partial charge in [-0.25, -0.2) is 8.78 Å². The standard InChI is InChI=1S/C12H18F2N2O/c1-9-5-10(7-16-6-9)11(15-2)3-4-17-8-12(13)14/h5-7,11-12,15H,3-4,8H2,1-2H3. The zero-order valence-corrected chi connectivity index (χ0v) is 10.1. The van der Waals surface area contributed by atoms with Crippen molar-refractivity contribution in [3.8, 4) is 0 Å². The highest BCUT2D eigenvalue weighted by Gasteiger charge is 2.10. The van der Waals surface area contributed by atoms with E-state index in [0.717, 1.165) is 11.1 Å². The molecule has 0 saturated heterocycles. The van der Waals surface area contributed by atoms with Crippen molar-refractivity contribution in [1.29, 1.82) is 0 Å². The lowest BCUT2D eigenvalue weighted by Gasteiger charge is -2.16. The minimum Gasteiger partial charge on any atom is -0.375 e. The van der Waals surface area contributed by atoms with Crippen molar-refractivity contribution in [2.75, 3.05) is 20.3 Å². The first-order valence-corrected chi connectivity index (χ1v) is 5.58. The summed E-state index contributed by atoms with van der Waals surface area (Å²) < 4.78 is 28.6. The minimum absolute atomic E-state index is 0.0834. The summed E-state index contributed by atoms with van der Waals surface area (Å²) in [7, 11) is 1.83. The van der Waals surface area contributed by atoms with Crippen LogP contribution < -0.4 is 5.32 Å². The van der Waals surface area contributed by atoms with Crippen molar-refractivity contribution in [1.82, 2.24) is 10.3 Å². The van der Waals surface area contributed by atoms with E-state index in [0.29, 0.717) is 13.0 Å². The van der Waals surface area contributed by atoms with E-state index in [2.05, 4.69) is 10.3 Å². The Balaban J connectivity index is 2.43. The number of nitrogens with zero attached hydrogens (tertiary/aromatic N) is 1. The second-order valence-electron chi connectivity index (χ2n) is 3.89. The van der Waals surface area contributed by atoms with Crippen LogP contribution in [0.15, 0.2) is 18.5 Å². The summed E-state index contributed by atoms with van der Waals surface area (Å²) in [6, 6.07) is 2.11. The predicted molar refractivity (Wildman–Crippen MR) is 62.2 cm³/mol. The van der Waals surface area contributed by atoms with E-state index in [4.69, 9.17) is 4.74 Å². The molecule has 0 aromatic carbocycles. The fourth-order valence-electron chi connectivity index (χ4n) is 1.62. The normalized spacial score (nSPS) is 13.0. The van der Waals surface area contributed by atoms with E-state index in [1.807, 2.05) is 20.0 Å². The molecule has 1 rings (SSSR count). The average molecular weight is 244 g/mol. The van der Waals surface area contributed by atoms with Gasteiger partial charge in [-0.15, -0.1) is 0 Å². The topological polar surface area (TPSA) is 34.1 Å². The van der Waals surface area contributed by atoms with Gasteiger partial charge < -0.3 is 10.1 Å². The largest absolute Gasteiger partial charge is 0.375 e. The van der Waals surface area contributed by atoms with Gasteiger partial charge >= 0.3 is 0 Å². The SMILES string of the molecule is CNC(CCOCC(F)F)c1cncc(C)c1. The molecule has 0 aliphatic carbocycles. The average Bonchev–Trinajstić information content (AvgIpc) is 2.29. The minimum atomic E-state index is -2.40. The number of hydrogen-bond acceptors (Lipinski definition) is 3. The molecule has 3 nitrogen and oxygen atoms in total. The van der Waals surface area contributed by atoms with Gasteiger partial charge in [-0.2, -0.15) is 0 Å². The summed E-state index contributed by atoms with van der Waals surface area (Å²) in [5.41, 5.74) is 2.13. The summed E-state index contributed by atoms with van der Waals surface area (Å²) >= 11 is 0. The Hall–Kier alpha value is -1.07. The number of ether oxygens (including phenoxy) is 1. The van der Waals surface area contributed by atoms with Gasteiger partial charge in [-0.05, 0) is 31.5 Å². The van der Waals surface area contributed by atoms with Crippen LogP contribution in [-0.4, -0.2) is 31.7 Å². The molecule has 1 N–H and O–H groups in total. The zero-order valence-electron chi connectivity index (χ0n) is 10.1. The molecule has 0 aliphatic rings. The first kappa shape index (κ1) is 14.0. The molecule has 0 radical (unpaired) electrons. The molecule has 0 amide bonds. The summed E-state index contributed by atoms with van der Waals surface area (Å²) in [4.78, 5) is 4.11. The predicted octanol–water partition coefficient (Wildman–Crippen LogP) is 2.32. The highest BCUT2D eigenvalue weighted by molar-refractivity contribution is 5.19. The van der Waals surface area contributed by atoms with Crippen molar-refractivity contribution < 1.29 is 13.5 Å². The lowest BCUT2D eigenvalue weighted by molar-refractivity contribution is 0.0145. The van der Waals surface area contributed by atoms with E-state index in [-0.39, 0.29) is 6.04 Å². The molecule has 1 aromatic rings. The summed E-state index contributed by atoms with van der Waals surface area (Å²) in [6.07, 6.45) is 1.81. The first-order valence-electron chi connectivity index (χ1n) is 5.58. The van der Waals surface area contributed by atoms with Crippen molar-refractivity contribution in [2.24, 2.45) is 0 Å². The molecular formula is C12H18F2N2O. The number of rotatable bonds is 7. The van der Waals surface area contributed by atoms with Crippen molar-refractivity contribution >= 4 is 0 Å². The van der Waals surface area contributed by atoms with Gasteiger partial charge in [0.1, 0.15) is 6.61 Å². The fraction of sp³-hybridized carbons (Fsp3) is 0.583. The number of aryl methyl sites for hydroxylation is 1. The maximum Gasteiger partial charge on any atom is 0.261 e. The van der Waals surface area contributed by atoms with Crippen LogP contribution in [-0.2, 0) is 4.74 Å². The second kappa shape index (κ2) is 7.29. The van der Waals surface area contributed by atoms with Gasteiger partial charge in [0.2, 0.25) is 0 Å². The molecule has 0 spiro atoms. The van der Waals surface area contributed by atoms with Crippen LogP contribution >= 0.6 is 0 Å². The maximum atomic E-state index is 11.9. The third-order valence-electron chi connectivity index (χ3n) is 2.44. The van der Waals surface area contributed by atoms with E-state index < -0.39 is 13.0 Å². The molecule has 5 heteroatoms. The molecule has 0 fully saturated rings. The van der Waals surface area contributed by atoms with E-state index in [9.17, 15) is 8.78 Å². The van der Waals surface area contributed by atoms with Crippen molar-refractivity contribution in [3.63, 3.8) is 0 Å². The summed E-state index contributed by atoms with van der Waals surface area (Å²) in [5.74, 6) is 0. The first-order chi connectivity index (χ1) is 8.13. The lowest BCUT2D eigenvalue weighted by atomic mass is 10.1. The van der Waals surface area contributed by atoms with Gasteiger partial charge in [0.15, 0.2) is 0 Å². The van der Waals surface area contributed by atoms with Crippen molar-refractivity contribution in [2.45, 2.75) is 25.8 Å². The molecule has 17 heavy (non-hydrogen) atoms. The van der Waals surface area contributed by atoms with Crippen LogP contribution in [0.2, 0.25) is 0 Å². The van der Waals surface area contributed by atoms with Crippen LogP contribution in [0.4, 0.5) is 8.78 Å². The third kappa shape index (κ3) is 5.19. The molecule has 1 unspecified atom stereocenters. The molecule has 1 aromatic heterocycles. The Kier molecular flexibility index (Phi) is 6.00. The Morgan fingerprint density at radius 2 is 2.18 bits per heavy atom. The van der Waals surface area contributed by atoms with Crippen molar-refractivity contribution in [3.05, 3.63) is 29.6 Å². The fourth-order valence-corrected chi connectivity index (χ4v) is 1.62. The van der Waals surface area contributed by atoms with Crippen LogP contribution in [0, 0.1) is 6.92 Å². The zero-order chi connectivity index (χ0) is 12.7. The number of alkyl halides is 2. The molecule has 1 heterocycles.